The van der Waals surface area contributed by atoms with Gasteiger partial charge in [-0.2, -0.15) is 0 Å². The third-order valence-electron chi connectivity index (χ3n) is 2.70. The van der Waals surface area contributed by atoms with Crippen LogP contribution in [0, 0.1) is 5.92 Å². The normalized spacial score (nSPS) is 24.7. The van der Waals surface area contributed by atoms with Gasteiger partial charge in [0, 0.05) is 25.7 Å². The molecule has 2 saturated heterocycles. The van der Waals surface area contributed by atoms with Crippen molar-refractivity contribution in [1.29, 1.82) is 0 Å². The van der Waals surface area contributed by atoms with Crippen LogP contribution in [0.15, 0.2) is 0 Å². The van der Waals surface area contributed by atoms with Gasteiger partial charge in [-0.25, -0.2) is 0 Å². The maximum absolute atomic E-state index is 8.51. The van der Waals surface area contributed by atoms with Gasteiger partial charge >= 0.3 is 0 Å². The second-order valence-corrected chi connectivity index (χ2v) is 4.55. The summed E-state index contributed by atoms with van der Waals surface area (Å²) in [6.07, 6.45) is 2.14. The van der Waals surface area contributed by atoms with Gasteiger partial charge in [-0.1, -0.05) is 0 Å². The number of aliphatic hydroxyl groups is 3. The molecule has 0 aromatic carbocycles. The molecule has 2 aliphatic heterocycles. The maximum atomic E-state index is 8.51. The third kappa shape index (κ3) is 8.79. The number of hydrogen-bond acceptors (Lipinski definition) is 6. The lowest BCUT2D eigenvalue weighted by atomic mass is 10.1. The minimum atomic E-state index is -0.0443. The summed E-state index contributed by atoms with van der Waals surface area (Å²) in [5, 5.41) is 25.4. The van der Waals surface area contributed by atoms with Gasteiger partial charge in [0.05, 0.1) is 26.4 Å². The summed E-state index contributed by atoms with van der Waals surface area (Å²) in [6, 6.07) is 0. The fourth-order valence-electron chi connectivity index (χ4n) is 1.28. The van der Waals surface area contributed by atoms with Gasteiger partial charge in [-0.3, -0.25) is 0 Å². The average Bonchev–Trinajstić information content (AvgIpc) is 3.26. The molecule has 3 N–H and O–H groups in total. The molecule has 2 atom stereocenters. The first-order valence-corrected chi connectivity index (χ1v) is 6.43. The van der Waals surface area contributed by atoms with E-state index in [0.29, 0.717) is 25.0 Å². The SMILES string of the molecule is C(OCC1CO1)C1CO1.OCCCC(CO)CO. The fraction of sp³-hybridized carbons (Fsp3) is 1.00. The quantitative estimate of drug-likeness (QED) is 0.470. The second-order valence-electron chi connectivity index (χ2n) is 4.55. The van der Waals surface area contributed by atoms with Crippen LogP contribution < -0.4 is 0 Å². The van der Waals surface area contributed by atoms with Crippen molar-refractivity contribution in [2.75, 3.05) is 46.2 Å². The van der Waals surface area contributed by atoms with Crippen LogP contribution >= 0.6 is 0 Å². The van der Waals surface area contributed by atoms with Crippen molar-refractivity contribution in [1.82, 2.24) is 0 Å². The van der Waals surface area contributed by atoms with Gasteiger partial charge in [0.25, 0.3) is 0 Å². The molecule has 0 spiro atoms. The third-order valence-corrected chi connectivity index (χ3v) is 2.70. The van der Waals surface area contributed by atoms with Gasteiger partial charge < -0.3 is 29.5 Å². The summed E-state index contributed by atoms with van der Waals surface area (Å²) in [6.45, 7) is 3.42. The molecule has 108 valence electrons. The minimum Gasteiger partial charge on any atom is -0.396 e. The zero-order chi connectivity index (χ0) is 13.2. The van der Waals surface area contributed by atoms with Crippen molar-refractivity contribution < 1.29 is 29.5 Å². The Morgan fingerprint density at radius 3 is 1.83 bits per heavy atom. The number of ether oxygens (including phenoxy) is 3. The standard InChI is InChI=1S/C6H10O3.C6H14O3/c1(5-3-8-5)7-2-6-4-9-6;7-3-1-2-6(4-8)5-9/h5-6H,1-4H2;6-9H,1-5H2. The molecule has 6 nitrogen and oxygen atoms in total. The van der Waals surface area contributed by atoms with E-state index in [4.69, 9.17) is 29.5 Å². The molecule has 6 heteroatoms. The molecule has 0 aromatic heterocycles. The maximum Gasteiger partial charge on any atom is 0.104 e. The lowest BCUT2D eigenvalue weighted by Crippen LogP contribution is -2.11. The van der Waals surface area contributed by atoms with E-state index in [1.165, 1.54) is 0 Å². The van der Waals surface area contributed by atoms with E-state index < -0.39 is 0 Å². The monoisotopic (exact) mass is 264 g/mol. The Kier molecular flexibility index (Phi) is 8.49. The molecule has 0 bridgehead atoms. The van der Waals surface area contributed by atoms with Crippen molar-refractivity contribution in [2.45, 2.75) is 25.0 Å². The van der Waals surface area contributed by atoms with Crippen LogP contribution in [0.3, 0.4) is 0 Å². The highest BCUT2D eigenvalue weighted by Gasteiger charge is 2.26. The molecule has 2 aliphatic rings. The van der Waals surface area contributed by atoms with Crippen LogP contribution in [0.2, 0.25) is 0 Å². The van der Waals surface area contributed by atoms with Crippen molar-refractivity contribution >= 4 is 0 Å². The summed E-state index contributed by atoms with van der Waals surface area (Å²) in [7, 11) is 0. The molecule has 0 amide bonds. The van der Waals surface area contributed by atoms with E-state index in [0.717, 1.165) is 26.4 Å². The average molecular weight is 264 g/mol. The number of epoxide rings is 2. The minimum absolute atomic E-state index is 0.0104. The first-order chi connectivity index (χ1) is 8.80. The Balaban J connectivity index is 0.000000180. The van der Waals surface area contributed by atoms with Crippen LogP contribution in [0.1, 0.15) is 12.8 Å². The van der Waals surface area contributed by atoms with Crippen LogP contribution in [0.4, 0.5) is 0 Å². The molecular weight excluding hydrogens is 240 g/mol. The summed E-state index contributed by atoms with van der Waals surface area (Å²) in [5.41, 5.74) is 0. The Morgan fingerprint density at radius 1 is 1.00 bits per heavy atom. The van der Waals surface area contributed by atoms with E-state index in [9.17, 15) is 0 Å². The smallest absolute Gasteiger partial charge is 0.104 e. The Bertz CT molecular complexity index is 177. The van der Waals surface area contributed by atoms with Crippen LogP contribution in [0.5, 0.6) is 0 Å². The predicted octanol–water partition coefficient (Wildman–Crippen LogP) is -0.840. The van der Waals surface area contributed by atoms with E-state index >= 15 is 0 Å². The van der Waals surface area contributed by atoms with Gasteiger partial charge in [0.1, 0.15) is 12.2 Å². The highest BCUT2D eigenvalue weighted by atomic mass is 16.6. The largest absolute Gasteiger partial charge is 0.396 e. The molecule has 0 radical (unpaired) electrons. The van der Waals surface area contributed by atoms with Gasteiger partial charge in [0.2, 0.25) is 0 Å². The van der Waals surface area contributed by atoms with E-state index in [-0.39, 0.29) is 25.7 Å². The number of rotatable bonds is 9. The summed E-state index contributed by atoms with van der Waals surface area (Å²) in [5.74, 6) is -0.0443. The second kappa shape index (κ2) is 9.66. The molecule has 2 heterocycles. The summed E-state index contributed by atoms with van der Waals surface area (Å²) in [4.78, 5) is 0. The van der Waals surface area contributed by atoms with Crippen molar-refractivity contribution in [2.24, 2.45) is 5.92 Å². The lowest BCUT2D eigenvalue weighted by molar-refractivity contribution is 0.102. The van der Waals surface area contributed by atoms with Crippen molar-refractivity contribution in [3.63, 3.8) is 0 Å². The first kappa shape index (κ1) is 15.8. The van der Waals surface area contributed by atoms with Crippen LogP contribution in [-0.4, -0.2) is 73.8 Å². The van der Waals surface area contributed by atoms with Crippen molar-refractivity contribution in [3.8, 4) is 0 Å². The molecule has 2 unspecified atom stereocenters. The highest BCUT2D eigenvalue weighted by molar-refractivity contribution is 4.71. The molecule has 0 aromatic rings. The Morgan fingerprint density at radius 2 is 1.50 bits per heavy atom. The van der Waals surface area contributed by atoms with Gasteiger partial charge in [-0.05, 0) is 12.8 Å². The molecule has 0 saturated carbocycles. The molecular formula is C12H24O6. The fourth-order valence-corrected chi connectivity index (χ4v) is 1.28. The molecule has 2 rings (SSSR count). The van der Waals surface area contributed by atoms with E-state index in [1.54, 1.807) is 0 Å². The molecule has 18 heavy (non-hydrogen) atoms. The van der Waals surface area contributed by atoms with Crippen LogP contribution in [-0.2, 0) is 14.2 Å². The zero-order valence-electron chi connectivity index (χ0n) is 10.7. The summed E-state index contributed by atoms with van der Waals surface area (Å²) >= 11 is 0. The van der Waals surface area contributed by atoms with Crippen LogP contribution in [0.25, 0.3) is 0 Å². The lowest BCUT2D eigenvalue weighted by Gasteiger charge is -2.07. The first-order valence-electron chi connectivity index (χ1n) is 6.43. The van der Waals surface area contributed by atoms with E-state index in [1.807, 2.05) is 0 Å². The predicted molar refractivity (Wildman–Crippen MR) is 64.3 cm³/mol. The molecule has 2 fully saturated rings. The van der Waals surface area contributed by atoms with E-state index in [2.05, 4.69) is 0 Å². The van der Waals surface area contributed by atoms with Crippen molar-refractivity contribution in [3.05, 3.63) is 0 Å². The highest BCUT2D eigenvalue weighted by Crippen LogP contribution is 2.12. The van der Waals surface area contributed by atoms with Gasteiger partial charge in [-0.15, -0.1) is 0 Å². The number of hydrogen-bond donors (Lipinski definition) is 3. The summed E-state index contributed by atoms with van der Waals surface area (Å²) < 4.78 is 15.1. The topological polar surface area (TPSA) is 95.0 Å². The zero-order valence-corrected chi connectivity index (χ0v) is 10.7. The number of aliphatic hydroxyl groups excluding tert-OH is 3. The molecule has 0 aliphatic carbocycles. The Hall–Kier alpha value is -0.240. The van der Waals surface area contributed by atoms with Gasteiger partial charge in [0.15, 0.2) is 0 Å². The Labute approximate surface area is 107 Å².